The Kier molecular flexibility index (Phi) is 8.97. The number of thiazole rings is 1. The number of hydrogen-bond acceptors (Lipinski definition) is 6. The molecular formula is C23H35N5O2S. The third-order valence-electron chi connectivity index (χ3n) is 5.42. The Bertz CT molecular complexity index is 846. The van der Waals surface area contributed by atoms with E-state index in [9.17, 15) is 0 Å². The van der Waals surface area contributed by atoms with Crippen molar-refractivity contribution < 1.29 is 9.47 Å². The second kappa shape index (κ2) is 11.9. The van der Waals surface area contributed by atoms with E-state index in [-0.39, 0.29) is 0 Å². The van der Waals surface area contributed by atoms with Crippen LogP contribution in [0.5, 0.6) is 11.5 Å². The van der Waals surface area contributed by atoms with Crippen molar-refractivity contribution in [2.24, 2.45) is 4.99 Å². The number of nitrogens with zero attached hydrogens (tertiary/aromatic N) is 4. The van der Waals surface area contributed by atoms with E-state index in [1.807, 2.05) is 12.1 Å². The monoisotopic (exact) mass is 445 g/mol. The smallest absolute Gasteiger partial charge is 0.194 e. The molecule has 0 atom stereocenters. The second-order valence-electron chi connectivity index (χ2n) is 7.51. The lowest BCUT2D eigenvalue weighted by Gasteiger charge is -2.36. The van der Waals surface area contributed by atoms with Crippen molar-refractivity contribution in [3.05, 3.63) is 39.8 Å². The molecule has 7 nitrogen and oxygen atoms in total. The lowest BCUT2D eigenvalue weighted by Crippen LogP contribution is -2.52. The van der Waals surface area contributed by atoms with Crippen molar-refractivity contribution in [2.75, 3.05) is 53.5 Å². The van der Waals surface area contributed by atoms with E-state index in [0.29, 0.717) is 0 Å². The highest BCUT2D eigenvalue weighted by atomic mass is 32.1. The lowest BCUT2D eigenvalue weighted by molar-refractivity contribution is 0.171. The van der Waals surface area contributed by atoms with E-state index in [4.69, 9.17) is 14.5 Å². The number of guanidine groups is 1. The van der Waals surface area contributed by atoms with Crippen LogP contribution in [0.4, 0.5) is 0 Å². The standard InChI is InChI=1S/C23H35N5O2S/c1-5-22-26-19(17-31-22)9-10-25-23(24-6-2)28-13-11-27(12-14-28)16-18-15-20(29-3)7-8-21(18)30-4/h7-8,15,17H,5-6,9-14,16H2,1-4H3,(H,24,25). The molecule has 1 aliphatic heterocycles. The predicted molar refractivity (Wildman–Crippen MR) is 128 cm³/mol. The summed E-state index contributed by atoms with van der Waals surface area (Å²) in [6.07, 6.45) is 1.89. The average Bonchev–Trinajstić information content (AvgIpc) is 3.27. The predicted octanol–water partition coefficient (Wildman–Crippen LogP) is 3.05. The number of nitrogens with one attached hydrogen (secondary N) is 1. The Morgan fingerprint density at radius 3 is 2.61 bits per heavy atom. The minimum absolute atomic E-state index is 0.760. The fourth-order valence-electron chi connectivity index (χ4n) is 3.69. The van der Waals surface area contributed by atoms with Crippen molar-refractivity contribution in [3.63, 3.8) is 0 Å². The van der Waals surface area contributed by atoms with Gasteiger partial charge >= 0.3 is 0 Å². The number of aliphatic imine (C=N–C) groups is 1. The molecule has 0 bridgehead atoms. The van der Waals surface area contributed by atoms with Crippen LogP contribution in [-0.2, 0) is 19.4 Å². The van der Waals surface area contributed by atoms with Gasteiger partial charge in [0.1, 0.15) is 11.5 Å². The van der Waals surface area contributed by atoms with Crippen molar-refractivity contribution >= 4 is 17.3 Å². The molecule has 0 amide bonds. The molecular weight excluding hydrogens is 410 g/mol. The number of aromatic nitrogens is 1. The Morgan fingerprint density at radius 1 is 1.16 bits per heavy atom. The fraction of sp³-hybridized carbons (Fsp3) is 0.565. The first-order chi connectivity index (χ1) is 15.2. The van der Waals surface area contributed by atoms with Gasteiger partial charge in [-0.1, -0.05) is 6.92 Å². The third-order valence-corrected chi connectivity index (χ3v) is 6.46. The molecule has 1 N–H and O–H groups in total. The number of benzene rings is 1. The van der Waals surface area contributed by atoms with Gasteiger partial charge in [0.15, 0.2) is 5.96 Å². The highest BCUT2D eigenvalue weighted by Gasteiger charge is 2.21. The van der Waals surface area contributed by atoms with Crippen LogP contribution in [0, 0.1) is 0 Å². The molecule has 1 fully saturated rings. The summed E-state index contributed by atoms with van der Waals surface area (Å²) in [4.78, 5) is 14.3. The average molecular weight is 446 g/mol. The van der Waals surface area contributed by atoms with Gasteiger partial charge < -0.3 is 19.7 Å². The van der Waals surface area contributed by atoms with Gasteiger partial charge in [0, 0.05) is 63.2 Å². The topological polar surface area (TPSA) is 62.2 Å². The van der Waals surface area contributed by atoms with Crippen LogP contribution in [0.15, 0.2) is 28.6 Å². The molecule has 0 radical (unpaired) electrons. The van der Waals surface area contributed by atoms with Crippen LogP contribution in [0.25, 0.3) is 0 Å². The van der Waals surface area contributed by atoms with Gasteiger partial charge in [-0.3, -0.25) is 9.89 Å². The summed E-state index contributed by atoms with van der Waals surface area (Å²) in [5.41, 5.74) is 2.31. The molecule has 0 spiro atoms. The molecule has 1 saturated heterocycles. The molecule has 8 heteroatoms. The van der Waals surface area contributed by atoms with E-state index in [1.54, 1.807) is 25.6 Å². The molecule has 3 rings (SSSR count). The first-order valence-corrected chi connectivity index (χ1v) is 11.9. The quantitative estimate of drug-likeness (QED) is 0.473. The molecule has 170 valence electrons. The molecule has 0 unspecified atom stereocenters. The number of methoxy groups -OCH3 is 2. The van der Waals surface area contributed by atoms with E-state index in [2.05, 4.69) is 45.4 Å². The number of hydrogen-bond donors (Lipinski definition) is 1. The van der Waals surface area contributed by atoms with Crippen molar-refractivity contribution in [1.29, 1.82) is 0 Å². The summed E-state index contributed by atoms with van der Waals surface area (Å²) >= 11 is 1.74. The van der Waals surface area contributed by atoms with Crippen LogP contribution in [0.1, 0.15) is 30.1 Å². The highest BCUT2D eigenvalue weighted by molar-refractivity contribution is 7.09. The van der Waals surface area contributed by atoms with Crippen LogP contribution >= 0.6 is 11.3 Å². The maximum atomic E-state index is 5.54. The van der Waals surface area contributed by atoms with Gasteiger partial charge in [-0.05, 0) is 31.5 Å². The summed E-state index contributed by atoms with van der Waals surface area (Å²) in [5.74, 6) is 2.78. The van der Waals surface area contributed by atoms with Crippen LogP contribution in [0.3, 0.4) is 0 Å². The third kappa shape index (κ3) is 6.58. The Balaban J connectivity index is 1.54. The number of aryl methyl sites for hydroxylation is 1. The van der Waals surface area contributed by atoms with E-state index < -0.39 is 0 Å². The van der Waals surface area contributed by atoms with Gasteiger partial charge in [-0.25, -0.2) is 4.98 Å². The summed E-state index contributed by atoms with van der Waals surface area (Å²) < 4.78 is 10.9. The zero-order chi connectivity index (χ0) is 22.1. The number of ether oxygens (including phenoxy) is 2. The van der Waals surface area contributed by atoms with Crippen molar-refractivity contribution in [1.82, 2.24) is 20.1 Å². The number of rotatable bonds is 9. The largest absolute Gasteiger partial charge is 0.497 e. The summed E-state index contributed by atoms with van der Waals surface area (Å²) in [7, 11) is 3.42. The first kappa shape index (κ1) is 23.3. The van der Waals surface area contributed by atoms with Gasteiger partial charge in [-0.2, -0.15) is 0 Å². The molecule has 1 aromatic carbocycles. The first-order valence-electron chi connectivity index (χ1n) is 11.1. The summed E-state index contributed by atoms with van der Waals surface area (Å²) in [6.45, 7) is 10.6. The Morgan fingerprint density at radius 2 is 1.97 bits per heavy atom. The molecule has 0 saturated carbocycles. The maximum Gasteiger partial charge on any atom is 0.194 e. The zero-order valence-electron chi connectivity index (χ0n) is 19.2. The summed E-state index contributed by atoms with van der Waals surface area (Å²) in [5, 5.41) is 6.82. The van der Waals surface area contributed by atoms with Gasteiger partial charge in [0.05, 0.1) is 24.9 Å². The zero-order valence-corrected chi connectivity index (χ0v) is 20.0. The van der Waals surface area contributed by atoms with Gasteiger partial charge in [0.2, 0.25) is 0 Å². The summed E-state index contributed by atoms with van der Waals surface area (Å²) in [6, 6.07) is 5.99. The maximum absolute atomic E-state index is 5.54. The lowest BCUT2D eigenvalue weighted by atomic mass is 10.1. The van der Waals surface area contributed by atoms with Crippen molar-refractivity contribution in [3.8, 4) is 11.5 Å². The Labute approximate surface area is 190 Å². The molecule has 31 heavy (non-hydrogen) atoms. The molecule has 2 aromatic rings. The van der Waals surface area contributed by atoms with Crippen LogP contribution in [0.2, 0.25) is 0 Å². The Hall–Kier alpha value is -2.32. The minimum atomic E-state index is 0.760. The fourth-order valence-corrected chi connectivity index (χ4v) is 4.47. The highest BCUT2D eigenvalue weighted by Crippen LogP contribution is 2.25. The van der Waals surface area contributed by atoms with Crippen LogP contribution < -0.4 is 14.8 Å². The van der Waals surface area contributed by atoms with E-state index in [1.165, 1.54) is 5.01 Å². The van der Waals surface area contributed by atoms with Crippen LogP contribution in [-0.4, -0.2) is 74.2 Å². The number of piperazine rings is 1. The molecule has 1 aromatic heterocycles. The molecule has 2 heterocycles. The second-order valence-corrected chi connectivity index (χ2v) is 8.46. The van der Waals surface area contributed by atoms with E-state index >= 15 is 0 Å². The van der Waals surface area contributed by atoms with Crippen molar-refractivity contribution in [2.45, 2.75) is 33.2 Å². The van der Waals surface area contributed by atoms with Gasteiger partial charge in [-0.15, -0.1) is 11.3 Å². The molecule has 0 aliphatic carbocycles. The SMILES string of the molecule is CCNC(=NCCc1csc(CC)n1)N1CCN(Cc2cc(OC)ccc2OC)CC1. The normalized spacial score (nSPS) is 15.2. The minimum Gasteiger partial charge on any atom is -0.497 e. The molecule has 1 aliphatic rings. The van der Waals surface area contributed by atoms with E-state index in [0.717, 1.165) is 87.4 Å². The van der Waals surface area contributed by atoms with Gasteiger partial charge in [0.25, 0.3) is 0 Å².